The molecule has 60 heteroatoms. The van der Waals surface area contributed by atoms with E-state index in [9.17, 15) is 222 Å². The Morgan fingerprint density at radius 1 is 0.372 bits per heavy atom. The van der Waals surface area contributed by atoms with Gasteiger partial charge in [0, 0.05) is 40.0 Å². The number of hydrogen-bond acceptors (Lipinski definition) is 54. The Morgan fingerprint density at radius 3 is 1.02 bits per heavy atom. The number of carboxylic acid groups (broad SMARTS) is 3. The fourth-order valence-electron chi connectivity index (χ4n) is 14.5. The largest absolute Gasteiger partial charge is 0.477 e. The van der Waals surface area contributed by atoms with Crippen LogP contribution in [0.3, 0.4) is 0 Å². The molecule has 129 heavy (non-hydrogen) atoms. The van der Waals surface area contributed by atoms with Crippen molar-refractivity contribution >= 4 is 48.2 Å². The van der Waals surface area contributed by atoms with Gasteiger partial charge >= 0.3 is 17.9 Å². The molecule has 0 spiro atoms. The summed E-state index contributed by atoms with van der Waals surface area (Å²) < 4.78 is 69.7. The zero-order valence-electron chi connectivity index (χ0n) is 68.1. The zero-order chi connectivity index (χ0) is 98.0. The van der Waals surface area contributed by atoms with E-state index >= 15 is 0 Å². The molecule has 3 amide bonds. The molecule has 39 N–H and O–H groups in total. The zero-order valence-corrected chi connectivity index (χ0v) is 68.1. The first-order chi connectivity index (χ1) is 60.2. The van der Waals surface area contributed by atoms with Gasteiger partial charge in [0.05, 0.1) is 95.9 Å². The van der Waals surface area contributed by atoms with E-state index in [1.165, 1.54) is 0 Å². The van der Waals surface area contributed by atoms with Crippen molar-refractivity contribution in [3.8, 4) is 0 Å². The molecule has 60 nitrogen and oxygen atoms in total. The number of rotatable bonds is 41. The molecule has 7 saturated heterocycles. The van der Waals surface area contributed by atoms with E-state index in [0.717, 1.165) is 20.8 Å². The molecule has 7 aliphatic rings. The Bertz CT molecular complexity index is 3480. The number of carbonyl (C=O) groups is 8. The Hall–Kier alpha value is -5.68. The van der Waals surface area contributed by atoms with Crippen LogP contribution < -0.4 is 16.0 Å². The summed E-state index contributed by atoms with van der Waals surface area (Å²) in [6.07, 6.45) is -83.0. The van der Waals surface area contributed by atoms with Crippen LogP contribution in [0, 0.1) is 0 Å². The van der Waals surface area contributed by atoms with Crippen molar-refractivity contribution in [2.45, 2.75) is 320 Å². The maximum atomic E-state index is 12.5. The molecule has 7 heterocycles. The quantitative estimate of drug-likeness (QED) is 0.0253. The second-order valence-corrected chi connectivity index (χ2v) is 30.8. The molecule has 7 fully saturated rings. The molecule has 750 valence electrons. The van der Waals surface area contributed by atoms with Gasteiger partial charge in [-0.05, 0) is 0 Å². The molecule has 7 rings (SSSR count). The van der Waals surface area contributed by atoms with Crippen molar-refractivity contribution in [1.82, 2.24) is 16.0 Å². The maximum Gasteiger partial charge on any atom is 0.364 e. The first kappa shape index (κ1) is 114. The summed E-state index contributed by atoms with van der Waals surface area (Å²) in [5, 5.41) is 371. The minimum Gasteiger partial charge on any atom is -0.477 e. The van der Waals surface area contributed by atoms with E-state index in [2.05, 4.69) is 16.0 Å². The maximum absolute atomic E-state index is 12.5. The fraction of sp³-hybridized carbons (Fsp3) is 0.884. The Kier molecular flexibility index (Phi) is 44.3. The van der Waals surface area contributed by atoms with Crippen LogP contribution >= 0.6 is 0 Å². The Balaban J connectivity index is 0.000000343. The molecule has 0 aromatic heterocycles. The molecule has 0 radical (unpaired) electrons. The van der Waals surface area contributed by atoms with Gasteiger partial charge in [-0.25, -0.2) is 14.4 Å². The number of amides is 3. The Morgan fingerprint density at radius 2 is 0.690 bits per heavy atom. The minimum absolute atomic E-state index is 0.122. The lowest BCUT2D eigenvalue weighted by Gasteiger charge is -2.50. The number of aliphatic hydroxyl groups excluding tert-OH is 33. The second-order valence-electron chi connectivity index (χ2n) is 30.8. The monoisotopic (exact) mass is 1900 g/mol. The number of nitrogens with one attached hydrogen (secondary N) is 3. The van der Waals surface area contributed by atoms with Crippen LogP contribution in [-0.4, -0.2) is 572 Å². The highest BCUT2D eigenvalue weighted by atomic mass is 16.8. The summed E-state index contributed by atoms with van der Waals surface area (Å²) in [5.41, 5.74) is 0. The summed E-state index contributed by atoms with van der Waals surface area (Å²) >= 11 is 0. The van der Waals surface area contributed by atoms with Gasteiger partial charge in [0.2, 0.25) is 17.7 Å². The number of aliphatic carboxylic acids is 3. The first-order valence-electron chi connectivity index (χ1n) is 39.2. The van der Waals surface area contributed by atoms with E-state index in [1.54, 1.807) is 0 Å². The van der Waals surface area contributed by atoms with Crippen molar-refractivity contribution in [2.24, 2.45) is 0 Å². The number of hydrogen-bond donors (Lipinski definition) is 39. The van der Waals surface area contributed by atoms with Crippen LogP contribution in [0.1, 0.15) is 40.0 Å². The second kappa shape index (κ2) is 50.2. The molecule has 0 aromatic carbocycles. The molecule has 0 saturated carbocycles. The predicted octanol–water partition coefficient (Wildman–Crippen LogP) is -25.0. The van der Waals surface area contributed by atoms with Gasteiger partial charge in [0.1, 0.15) is 201 Å². The lowest BCUT2D eigenvalue weighted by atomic mass is 9.88. The number of ether oxygens (including phenoxy) is 13. The first-order valence-corrected chi connectivity index (χ1v) is 39.2. The molecule has 7 aliphatic heterocycles. The highest BCUT2D eigenvalue weighted by Gasteiger charge is 2.64. The average molecular weight is 1900 g/mol. The SMILES string of the molecule is CC(=O)N[C@H]1C([C@H](O)[C@H](O)CO)O[C@@](OC2[C@H](O)C(O[C@@H]3C(CO)OC(O)[C@@H](O)C3O)OC(CO)[C@@H]2O)(C(=O)O)C[C@H]1O.CC(=O)N[C@H]1[C@H]([C@H](O)[C@H](O)CO)O[C@@](OC[C@H]2O[C@@H](O[C@@H]([C@H](O)[C@@H](O)C=O)[C@H](O)CO)[C@H](O)[C@@H](O)[C@H]2O)(C(=O)O)C[C@@H]1O.CC(=O)N[C@H]1[C@H]([C@H](O)[C@H](O)CO)O[C@@](O[C@H]2[C@@H](O)[C@@H](CO)O[C@@H](O[C@@H]([C@H](O)[C@@H](O)C=O)[C@H](O)CO)[C@@H]2O)(C(=O)O)C[C@@H]1O. The molecule has 0 aromatic rings. The summed E-state index contributed by atoms with van der Waals surface area (Å²) in [5.74, 6) is -17.1. The topological polar surface area (TPSA) is 1020 Å². The summed E-state index contributed by atoms with van der Waals surface area (Å²) in [6, 6.07) is -4.61. The van der Waals surface area contributed by atoms with Crippen molar-refractivity contribution in [3.05, 3.63) is 0 Å². The highest BCUT2D eigenvalue weighted by molar-refractivity contribution is 5.78. The molecule has 0 aliphatic carbocycles. The van der Waals surface area contributed by atoms with Crippen LogP contribution in [0.25, 0.3) is 0 Å². The van der Waals surface area contributed by atoms with Gasteiger partial charge < -0.3 is 271 Å². The van der Waals surface area contributed by atoms with Crippen LogP contribution in [0.5, 0.6) is 0 Å². The van der Waals surface area contributed by atoms with Crippen LogP contribution in [0.2, 0.25) is 0 Å². The van der Waals surface area contributed by atoms with E-state index in [1.807, 2.05) is 0 Å². The van der Waals surface area contributed by atoms with Crippen molar-refractivity contribution < 1.29 is 284 Å². The summed E-state index contributed by atoms with van der Waals surface area (Å²) in [6.45, 7) is -6.12. The smallest absolute Gasteiger partial charge is 0.364 e. The third kappa shape index (κ3) is 27.4. The lowest BCUT2D eigenvalue weighted by Crippen LogP contribution is -2.70. The van der Waals surface area contributed by atoms with Gasteiger partial charge in [-0.3, -0.25) is 14.4 Å². The normalized spacial score (nSPS) is 40.0. The van der Waals surface area contributed by atoms with Gasteiger partial charge in [-0.15, -0.1) is 0 Å². The lowest BCUT2D eigenvalue weighted by molar-refractivity contribution is -0.385. The third-order valence-electron chi connectivity index (χ3n) is 21.5. The van der Waals surface area contributed by atoms with Gasteiger partial charge in [0.15, 0.2) is 37.7 Å². The van der Waals surface area contributed by atoms with E-state index in [4.69, 9.17) is 61.6 Å². The van der Waals surface area contributed by atoms with Crippen LogP contribution in [0.15, 0.2) is 0 Å². The van der Waals surface area contributed by atoms with E-state index in [0.29, 0.717) is 0 Å². The van der Waals surface area contributed by atoms with Gasteiger partial charge in [-0.2, -0.15) is 0 Å². The fourth-order valence-corrected chi connectivity index (χ4v) is 14.5. The van der Waals surface area contributed by atoms with Gasteiger partial charge in [-0.1, -0.05) is 0 Å². The summed E-state index contributed by atoms with van der Waals surface area (Å²) in [7, 11) is 0. The molecular formula is C69H117N3O57. The third-order valence-corrected chi connectivity index (χ3v) is 21.5. The van der Waals surface area contributed by atoms with Crippen molar-refractivity contribution in [3.63, 3.8) is 0 Å². The molecule has 7 unspecified atom stereocenters. The van der Waals surface area contributed by atoms with Gasteiger partial charge in [0.25, 0.3) is 17.4 Å². The minimum atomic E-state index is -3.07. The molecular weight excluding hydrogens is 1780 g/mol. The number of carbonyl (C=O) groups excluding carboxylic acids is 5. The average Bonchev–Trinajstić information content (AvgIpc) is 0.746. The van der Waals surface area contributed by atoms with Crippen molar-refractivity contribution in [2.75, 3.05) is 59.5 Å². The molecule has 0 bridgehead atoms. The number of carboxylic acids is 3. The number of aliphatic hydroxyl groups is 33. The summed E-state index contributed by atoms with van der Waals surface area (Å²) in [4.78, 5) is 94.3. The van der Waals surface area contributed by atoms with E-state index in [-0.39, 0.29) is 12.6 Å². The number of aldehydes is 2. The van der Waals surface area contributed by atoms with E-state index < -0.39 is 395 Å². The van der Waals surface area contributed by atoms with Crippen molar-refractivity contribution in [1.29, 1.82) is 0 Å². The highest BCUT2D eigenvalue weighted by Crippen LogP contribution is 2.42. The Labute approximate surface area is 726 Å². The van der Waals surface area contributed by atoms with Crippen LogP contribution in [0.4, 0.5) is 0 Å². The standard InChI is InChI=1S/3C23H39NO19/c1-6(28)24-11-7(29)2-23(22(37)38,42-18(11)12(31)8(30)3-25)43-19-13(32)9(4-26)40-21(16(19)35)41-17-10(5-27)39-20(36)15(34)14(17)33;1-7(29)24-13-8(30)2-23(22(38)39,42-19(13)15(35)10(32)4-26)43-20-16(36)12(6-28)40-21(17(20)37)41-18(11(33)5-27)14(34)9(31)3-25;1-7(28)24-13-8(29)2-23(22(38)39,43-20(13)15(34)10(31)4-26)40-6-12-16(35)17(36)18(37)21(41-12)42-19(11(32)5-27)14(33)9(30)3-25/h7-21,25-27,29-36H,2-5H2,1H3,(H,24,28)(H,37,38);3,8-21,26-28,30-37H,2,4-6H2,1H3,(H,24,29)(H,38,39);3,8-21,26-27,29-37H,2,4-6H2,1H3,(H,24,28)(H,38,39)/t7-,8-,9?,10?,11-,12-,13+,14?,15+,16+,17-,18?,19?,20?,21?,23+;8-,9-,10+,11+,12+,13+,14+,15+,16-,17+,18+,19+,20-,21-,23-;8-,9-,10+,11+,12+,13+,14+,15+,16-,17-,18+,19+,20+,21-,23+/m100/s1. The van der Waals surface area contributed by atoms with Crippen LogP contribution in [-0.2, 0) is 99.9 Å². The molecule has 46 atom stereocenters. The predicted molar refractivity (Wildman–Crippen MR) is 393 cm³/mol.